The summed E-state index contributed by atoms with van der Waals surface area (Å²) in [5.74, 6) is 0.260. The van der Waals surface area contributed by atoms with Gasteiger partial charge in [-0.1, -0.05) is 26.0 Å². The summed E-state index contributed by atoms with van der Waals surface area (Å²) in [6, 6.07) is 6.72. The zero-order chi connectivity index (χ0) is 14.7. The van der Waals surface area contributed by atoms with Gasteiger partial charge in [0, 0.05) is 17.4 Å². The second-order valence-corrected chi connectivity index (χ2v) is 6.80. The van der Waals surface area contributed by atoms with E-state index in [2.05, 4.69) is 19.2 Å². The van der Waals surface area contributed by atoms with Crippen molar-refractivity contribution in [2.75, 3.05) is 6.54 Å². The molecule has 0 bridgehead atoms. The Morgan fingerprint density at radius 3 is 2.75 bits per heavy atom. The molecule has 1 aromatic rings. The number of para-hydroxylation sites is 1. The standard InChI is InChI=1S/C14H20N2O3S/c1-3-15-11-8-9-13(10(11)2)20(19)14-7-5-4-6-12(14)16(17)18/h4-7,10-11,13,15H,3,8-9H2,1-2H3. The molecule has 0 heterocycles. The van der Waals surface area contributed by atoms with Crippen LogP contribution in [0.2, 0.25) is 0 Å². The maximum absolute atomic E-state index is 12.7. The summed E-state index contributed by atoms with van der Waals surface area (Å²) < 4.78 is 12.7. The summed E-state index contributed by atoms with van der Waals surface area (Å²) in [6.07, 6.45) is 1.82. The number of hydrogen-bond acceptors (Lipinski definition) is 4. The predicted octanol–water partition coefficient (Wildman–Crippen LogP) is 2.48. The number of rotatable bonds is 5. The smallest absolute Gasteiger partial charge is 0.285 e. The molecule has 1 fully saturated rings. The Kier molecular flexibility index (Phi) is 4.88. The van der Waals surface area contributed by atoms with Crippen molar-refractivity contribution in [2.45, 2.75) is 42.9 Å². The van der Waals surface area contributed by atoms with E-state index in [1.807, 2.05) is 0 Å². The Hall–Kier alpha value is -1.27. The lowest BCUT2D eigenvalue weighted by Crippen LogP contribution is -2.34. The molecule has 0 saturated heterocycles. The first-order chi connectivity index (χ1) is 9.56. The largest absolute Gasteiger partial charge is 0.314 e. The number of nitro groups is 1. The van der Waals surface area contributed by atoms with Crippen LogP contribution in [-0.2, 0) is 10.8 Å². The Labute approximate surface area is 121 Å². The maximum atomic E-state index is 12.7. The van der Waals surface area contributed by atoms with Gasteiger partial charge in [0.25, 0.3) is 5.69 Å². The molecule has 1 aliphatic rings. The molecular formula is C14H20N2O3S. The van der Waals surface area contributed by atoms with Crippen LogP contribution < -0.4 is 5.32 Å². The maximum Gasteiger partial charge on any atom is 0.285 e. The number of nitro benzene ring substituents is 1. The lowest BCUT2D eigenvalue weighted by Gasteiger charge is -2.20. The first-order valence-corrected chi connectivity index (χ1v) is 8.15. The lowest BCUT2D eigenvalue weighted by atomic mass is 10.1. The molecule has 2 rings (SSSR count). The van der Waals surface area contributed by atoms with E-state index in [1.54, 1.807) is 18.2 Å². The van der Waals surface area contributed by atoms with Gasteiger partial charge in [0.15, 0.2) is 0 Å². The average Bonchev–Trinajstić information content (AvgIpc) is 2.80. The van der Waals surface area contributed by atoms with Crippen molar-refractivity contribution in [1.82, 2.24) is 5.32 Å². The Morgan fingerprint density at radius 1 is 1.40 bits per heavy atom. The average molecular weight is 296 g/mol. The van der Waals surface area contributed by atoms with Gasteiger partial charge in [-0.3, -0.25) is 14.3 Å². The van der Waals surface area contributed by atoms with E-state index < -0.39 is 15.7 Å². The summed E-state index contributed by atoms with van der Waals surface area (Å²) in [4.78, 5) is 11.0. The molecular weight excluding hydrogens is 276 g/mol. The molecule has 1 aromatic carbocycles. The fraction of sp³-hybridized carbons (Fsp3) is 0.571. The van der Waals surface area contributed by atoms with Crippen LogP contribution in [0.5, 0.6) is 0 Å². The van der Waals surface area contributed by atoms with E-state index >= 15 is 0 Å². The third-order valence-corrected chi connectivity index (χ3v) is 6.00. The summed E-state index contributed by atoms with van der Waals surface area (Å²) in [5, 5.41) is 14.4. The monoisotopic (exact) mass is 296 g/mol. The highest BCUT2D eigenvalue weighted by Gasteiger charge is 2.38. The highest BCUT2D eigenvalue weighted by atomic mass is 32.2. The molecule has 1 saturated carbocycles. The summed E-state index contributed by atoms with van der Waals surface area (Å²) in [7, 11) is -1.33. The second-order valence-electron chi connectivity index (χ2n) is 5.16. The fourth-order valence-corrected chi connectivity index (χ4v) is 4.74. The van der Waals surface area contributed by atoms with Crippen LogP contribution in [-0.4, -0.2) is 27.0 Å². The van der Waals surface area contributed by atoms with Gasteiger partial charge in [0.1, 0.15) is 4.90 Å². The zero-order valence-corrected chi connectivity index (χ0v) is 12.6. The molecule has 0 aromatic heterocycles. The van der Waals surface area contributed by atoms with Crippen molar-refractivity contribution in [1.29, 1.82) is 0 Å². The molecule has 110 valence electrons. The second kappa shape index (κ2) is 6.45. The van der Waals surface area contributed by atoms with Crippen molar-refractivity contribution in [3.63, 3.8) is 0 Å². The lowest BCUT2D eigenvalue weighted by molar-refractivity contribution is -0.387. The third-order valence-electron chi connectivity index (χ3n) is 4.00. The van der Waals surface area contributed by atoms with Crippen LogP contribution >= 0.6 is 0 Å². The first-order valence-electron chi connectivity index (χ1n) is 6.93. The number of benzene rings is 1. The van der Waals surface area contributed by atoms with Gasteiger partial charge >= 0.3 is 0 Å². The van der Waals surface area contributed by atoms with Crippen LogP contribution in [0.1, 0.15) is 26.7 Å². The van der Waals surface area contributed by atoms with Gasteiger partial charge in [0.2, 0.25) is 0 Å². The Balaban J connectivity index is 2.23. The van der Waals surface area contributed by atoms with E-state index in [1.165, 1.54) is 6.07 Å². The van der Waals surface area contributed by atoms with Gasteiger partial charge in [-0.05, 0) is 31.4 Å². The van der Waals surface area contributed by atoms with Crippen molar-refractivity contribution in [3.05, 3.63) is 34.4 Å². The highest BCUT2D eigenvalue weighted by Crippen LogP contribution is 2.35. The fourth-order valence-electron chi connectivity index (χ4n) is 2.92. The van der Waals surface area contributed by atoms with Gasteiger partial charge < -0.3 is 5.32 Å². The number of nitrogens with zero attached hydrogens (tertiary/aromatic N) is 1. The quantitative estimate of drug-likeness (QED) is 0.669. The van der Waals surface area contributed by atoms with Crippen LogP contribution in [0, 0.1) is 16.0 Å². The molecule has 0 radical (unpaired) electrons. The normalized spacial score (nSPS) is 27.4. The Bertz CT molecular complexity index is 521. The van der Waals surface area contributed by atoms with E-state index in [0.717, 1.165) is 19.4 Å². The molecule has 0 spiro atoms. The summed E-state index contributed by atoms with van der Waals surface area (Å²) in [6.45, 7) is 5.02. The third kappa shape index (κ3) is 2.91. The topological polar surface area (TPSA) is 72.2 Å². The molecule has 4 unspecified atom stereocenters. The molecule has 0 aliphatic heterocycles. The van der Waals surface area contributed by atoms with Crippen molar-refractivity contribution < 1.29 is 9.13 Å². The molecule has 4 atom stereocenters. The zero-order valence-electron chi connectivity index (χ0n) is 11.7. The van der Waals surface area contributed by atoms with E-state index in [0.29, 0.717) is 10.9 Å². The van der Waals surface area contributed by atoms with Gasteiger partial charge in [-0.15, -0.1) is 0 Å². The summed E-state index contributed by atoms with van der Waals surface area (Å²) >= 11 is 0. The molecule has 5 nitrogen and oxygen atoms in total. The van der Waals surface area contributed by atoms with Crippen LogP contribution in [0.4, 0.5) is 5.69 Å². The minimum atomic E-state index is -1.33. The predicted molar refractivity (Wildman–Crippen MR) is 79.2 cm³/mol. The molecule has 1 aliphatic carbocycles. The SMILES string of the molecule is CCNC1CCC(S(=O)c2ccccc2[N+](=O)[O-])C1C. The van der Waals surface area contributed by atoms with Gasteiger partial charge in [-0.2, -0.15) is 0 Å². The van der Waals surface area contributed by atoms with E-state index in [9.17, 15) is 14.3 Å². The number of nitrogens with one attached hydrogen (secondary N) is 1. The van der Waals surface area contributed by atoms with Crippen LogP contribution in [0.25, 0.3) is 0 Å². The first kappa shape index (κ1) is 15.1. The van der Waals surface area contributed by atoms with Crippen molar-refractivity contribution in [2.24, 2.45) is 5.92 Å². The van der Waals surface area contributed by atoms with Gasteiger partial charge in [-0.25, -0.2) is 0 Å². The summed E-state index contributed by atoms with van der Waals surface area (Å²) in [5.41, 5.74) is -0.0371. The molecule has 6 heteroatoms. The van der Waals surface area contributed by atoms with Crippen LogP contribution in [0.15, 0.2) is 29.2 Å². The van der Waals surface area contributed by atoms with E-state index in [4.69, 9.17) is 0 Å². The minimum absolute atomic E-state index is 0.0138. The van der Waals surface area contributed by atoms with Gasteiger partial charge in [0.05, 0.1) is 15.7 Å². The highest BCUT2D eigenvalue weighted by molar-refractivity contribution is 7.85. The number of hydrogen-bond donors (Lipinski definition) is 1. The Morgan fingerprint density at radius 2 is 2.10 bits per heavy atom. The van der Waals surface area contributed by atoms with Crippen LogP contribution in [0.3, 0.4) is 0 Å². The van der Waals surface area contributed by atoms with Crippen molar-refractivity contribution >= 4 is 16.5 Å². The molecule has 0 amide bonds. The minimum Gasteiger partial charge on any atom is -0.314 e. The molecule has 20 heavy (non-hydrogen) atoms. The van der Waals surface area contributed by atoms with E-state index in [-0.39, 0.29) is 16.9 Å². The molecule has 1 N–H and O–H groups in total. The van der Waals surface area contributed by atoms with Crippen molar-refractivity contribution in [3.8, 4) is 0 Å².